The number of aromatic nitrogens is 3. The molecule has 0 atom stereocenters. The van der Waals surface area contributed by atoms with Gasteiger partial charge in [0.2, 0.25) is 5.91 Å². The molecule has 0 aliphatic heterocycles. The number of amides is 1. The van der Waals surface area contributed by atoms with Crippen LogP contribution in [0.1, 0.15) is 41.4 Å². The highest BCUT2D eigenvalue weighted by Crippen LogP contribution is 2.26. The van der Waals surface area contributed by atoms with E-state index in [4.69, 9.17) is 11.6 Å². The van der Waals surface area contributed by atoms with E-state index in [1.54, 1.807) is 42.7 Å². The van der Waals surface area contributed by atoms with Crippen LogP contribution in [0.4, 0.5) is 5.82 Å². The van der Waals surface area contributed by atoms with Crippen LogP contribution in [0.25, 0.3) is 10.9 Å². The number of fused-ring (bicyclic) bond motifs is 1. The first-order valence-electron chi connectivity index (χ1n) is 9.92. The summed E-state index contributed by atoms with van der Waals surface area (Å²) >= 11 is 5.98. The standard InChI is InChI=1S/C24H21ClN4O2/c1-15(2)29-14-20(19-13-26-8-7-21(19)29)24(31)17-6-9-27-22(12-17)28-23(30)11-16-4-3-5-18(25)10-16/h3-10,12-15H,11H2,1-2H3,(H,27,28,30). The van der Waals surface area contributed by atoms with Gasteiger partial charge in [-0.2, -0.15) is 0 Å². The highest BCUT2D eigenvalue weighted by atomic mass is 35.5. The molecule has 0 radical (unpaired) electrons. The number of carbonyl (C=O) groups is 2. The molecule has 6 nitrogen and oxygen atoms in total. The fourth-order valence-corrected chi connectivity index (χ4v) is 3.73. The zero-order chi connectivity index (χ0) is 22.0. The highest BCUT2D eigenvalue weighted by Gasteiger charge is 2.19. The maximum absolute atomic E-state index is 13.3. The Morgan fingerprint density at radius 3 is 2.74 bits per heavy atom. The lowest BCUT2D eigenvalue weighted by Gasteiger charge is -2.08. The van der Waals surface area contributed by atoms with Crippen molar-refractivity contribution < 1.29 is 9.59 Å². The molecule has 4 aromatic rings. The van der Waals surface area contributed by atoms with Crippen LogP contribution in [0.15, 0.2) is 67.3 Å². The number of hydrogen-bond donors (Lipinski definition) is 1. The SMILES string of the molecule is CC(C)n1cc(C(=O)c2ccnc(NC(=O)Cc3cccc(Cl)c3)c2)c2cnccc21. The number of carbonyl (C=O) groups excluding carboxylic acids is 2. The van der Waals surface area contributed by atoms with E-state index >= 15 is 0 Å². The second-order valence-electron chi connectivity index (χ2n) is 7.55. The first-order valence-corrected chi connectivity index (χ1v) is 10.3. The van der Waals surface area contributed by atoms with Crippen molar-refractivity contribution in [1.29, 1.82) is 0 Å². The summed E-state index contributed by atoms with van der Waals surface area (Å²) in [5.74, 6) is -0.0614. The third-order valence-corrected chi connectivity index (χ3v) is 5.21. The predicted molar refractivity (Wildman–Crippen MR) is 122 cm³/mol. The van der Waals surface area contributed by atoms with Gasteiger partial charge in [-0.3, -0.25) is 14.6 Å². The van der Waals surface area contributed by atoms with Gasteiger partial charge < -0.3 is 9.88 Å². The van der Waals surface area contributed by atoms with Gasteiger partial charge >= 0.3 is 0 Å². The van der Waals surface area contributed by atoms with Crippen LogP contribution in [0.5, 0.6) is 0 Å². The van der Waals surface area contributed by atoms with Crippen LogP contribution in [-0.2, 0) is 11.2 Å². The average Bonchev–Trinajstić information content (AvgIpc) is 3.13. The molecule has 0 aliphatic rings. The number of benzene rings is 1. The molecule has 3 aromatic heterocycles. The quantitative estimate of drug-likeness (QED) is 0.431. The van der Waals surface area contributed by atoms with E-state index in [1.165, 1.54) is 6.20 Å². The van der Waals surface area contributed by atoms with Crippen LogP contribution in [-0.4, -0.2) is 26.2 Å². The van der Waals surface area contributed by atoms with Crippen LogP contribution in [0, 0.1) is 0 Å². The van der Waals surface area contributed by atoms with E-state index in [0.29, 0.717) is 22.0 Å². The predicted octanol–water partition coefficient (Wildman–Crippen LogP) is 5.08. The monoisotopic (exact) mass is 432 g/mol. The van der Waals surface area contributed by atoms with Gasteiger partial charge in [-0.25, -0.2) is 4.98 Å². The Hall–Kier alpha value is -3.51. The fraction of sp³-hybridized carbons (Fsp3) is 0.167. The number of rotatable bonds is 6. The first-order chi connectivity index (χ1) is 14.9. The molecule has 0 unspecified atom stereocenters. The summed E-state index contributed by atoms with van der Waals surface area (Å²) in [7, 11) is 0. The van der Waals surface area contributed by atoms with Crippen molar-refractivity contribution in [3.05, 3.63) is 89.0 Å². The summed E-state index contributed by atoms with van der Waals surface area (Å²) in [5, 5.41) is 4.13. The minimum atomic E-state index is -0.236. The van der Waals surface area contributed by atoms with Crippen LogP contribution in [0.3, 0.4) is 0 Å². The van der Waals surface area contributed by atoms with Gasteiger partial charge in [0.25, 0.3) is 0 Å². The molecule has 0 fully saturated rings. The third-order valence-electron chi connectivity index (χ3n) is 4.98. The number of anilines is 1. The van der Waals surface area contributed by atoms with Crippen molar-refractivity contribution in [1.82, 2.24) is 14.5 Å². The Kier molecular flexibility index (Phi) is 5.82. The second-order valence-corrected chi connectivity index (χ2v) is 7.99. The average molecular weight is 433 g/mol. The maximum atomic E-state index is 13.3. The van der Waals surface area contributed by atoms with E-state index in [0.717, 1.165) is 16.5 Å². The minimum absolute atomic E-state index is 0.148. The number of ketones is 1. The van der Waals surface area contributed by atoms with E-state index in [-0.39, 0.29) is 24.2 Å². The zero-order valence-electron chi connectivity index (χ0n) is 17.2. The first kappa shape index (κ1) is 20.8. The molecular weight excluding hydrogens is 412 g/mol. The van der Waals surface area contributed by atoms with Crippen molar-refractivity contribution in [2.45, 2.75) is 26.3 Å². The molecule has 3 heterocycles. The summed E-state index contributed by atoms with van der Waals surface area (Å²) in [6.07, 6.45) is 6.96. The number of hydrogen-bond acceptors (Lipinski definition) is 4. The lowest BCUT2D eigenvalue weighted by molar-refractivity contribution is -0.115. The molecule has 31 heavy (non-hydrogen) atoms. The Balaban J connectivity index is 1.58. The van der Waals surface area contributed by atoms with E-state index in [9.17, 15) is 9.59 Å². The summed E-state index contributed by atoms with van der Waals surface area (Å²) in [5.41, 5.74) is 2.77. The Morgan fingerprint density at radius 2 is 1.97 bits per heavy atom. The van der Waals surface area contributed by atoms with Gasteiger partial charge in [-0.15, -0.1) is 0 Å². The van der Waals surface area contributed by atoms with Crippen LogP contribution < -0.4 is 5.32 Å². The summed E-state index contributed by atoms with van der Waals surface area (Å²) < 4.78 is 2.05. The van der Waals surface area contributed by atoms with E-state index in [2.05, 4.69) is 33.7 Å². The van der Waals surface area contributed by atoms with Crippen molar-refractivity contribution in [2.75, 3.05) is 5.32 Å². The smallest absolute Gasteiger partial charge is 0.229 e. The molecule has 1 amide bonds. The molecule has 1 aromatic carbocycles. The maximum Gasteiger partial charge on any atom is 0.229 e. The van der Waals surface area contributed by atoms with Gasteiger partial charge in [0.15, 0.2) is 5.78 Å². The molecule has 0 bridgehead atoms. The van der Waals surface area contributed by atoms with E-state index < -0.39 is 0 Å². The molecule has 0 saturated carbocycles. The topological polar surface area (TPSA) is 76.9 Å². The normalized spacial score (nSPS) is 11.1. The lowest BCUT2D eigenvalue weighted by Crippen LogP contribution is -2.15. The minimum Gasteiger partial charge on any atom is -0.344 e. The fourth-order valence-electron chi connectivity index (χ4n) is 3.52. The summed E-state index contributed by atoms with van der Waals surface area (Å²) in [6.45, 7) is 4.13. The highest BCUT2D eigenvalue weighted by molar-refractivity contribution is 6.30. The van der Waals surface area contributed by atoms with Gasteiger partial charge in [-0.05, 0) is 49.7 Å². The van der Waals surface area contributed by atoms with Crippen molar-refractivity contribution in [3.8, 4) is 0 Å². The number of pyridine rings is 2. The van der Waals surface area contributed by atoms with E-state index in [1.807, 2.05) is 18.3 Å². The van der Waals surface area contributed by atoms with Crippen molar-refractivity contribution in [2.24, 2.45) is 0 Å². The largest absolute Gasteiger partial charge is 0.344 e. The zero-order valence-corrected chi connectivity index (χ0v) is 17.9. The second kappa shape index (κ2) is 8.70. The molecule has 7 heteroatoms. The van der Waals surface area contributed by atoms with Gasteiger partial charge in [0.05, 0.1) is 11.9 Å². The Morgan fingerprint density at radius 1 is 1.13 bits per heavy atom. The molecule has 0 saturated heterocycles. The summed E-state index contributed by atoms with van der Waals surface area (Å²) in [4.78, 5) is 34.0. The van der Waals surface area contributed by atoms with Gasteiger partial charge in [0, 0.05) is 52.4 Å². The number of halogens is 1. The number of nitrogens with zero attached hydrogens (tertiary/aromatic N) is 3. The van der Waals surface area contributed by atoms with Crippen molar-refractivity contribution >= 4 is 40.0 Å². The van der Waals surface area contributed by atoms with Crippen LogP contribution in [0.2, 0.25) is 5.02 Å². The number of nitrogens with one attached hydrogen (secondary N) is 1. The molecule has 1 N–H and O–H groups in total. The Labute approximate surface area is 184 Å². The lowest BCUT2D eigenvalue weighted by atomic mass is 10.0. The molecule has 156 valence electrons. The molecule has 0 spiro atoms. The van der Waals surface area contributed by atoms with Gasteiger partial charge in [-0.1, -0.05) is 23.7 Å². The molecular formula is C24H21ClN4O2. The molecule has 4 rings (SSSR count). The van der Waals surface area contributed by atoms with Crippen LogP contribution >= 0.6 is 11.6 Å². The van der Waals surface area contributed by atoms with Gasteiger partial charge in [0.1, 0.15) is 5.82 Å². The van der Waals surface area contributed by atoms with Crippen molar-refractivity contribution in [3.63, 3.8) is 0 Å². The Bertz CT molecular complexity index is 1280. The molecule has 0 aliphatic carbocycles. The summed E-state index contributed by atoms with van der Waals surface area (Å²) in [6, 6.07) is 12.5. The third kappa shape index (κ3) is 4.49.